The number of hydrazone groups is 1. The van der Waals surface area contributed by atoms with Crippen LogP contribution in [0.25, 0.3) is 0 Å². The van der Waals surface area contributed by atoms with Crippen LogP contribution in [0.4, 0.5) is 9.80 Å². The second-order valence-electron chi connectivity index (χ2n) is 5.96. The van der Waals surface area contributed by atoms with Crippen molar-refractivity contribution in [2.75, 3.05) is 11.9 Å². The summed E-state index contributed by atoms with van der Waals surface area (Å²) in [5.41, 5.74) is 5.09. The standard InChI is InChI=1S/C20H23N3O4S/c1-5-14-7-9-15(10-8-14)11-21-23-20(26)22-18-16(19(25)27-6-2)12(3)17(28-18)13(4)24/h7-11H,5-6H2,1-4H3,(H2,22,23,26). The minimum absolute atomic E-state index is 0.185. The molecule has 7 nitrogen and oxygen atoms in total. The summed E-state index contributed by atoms with van der Waals surface area (Å²) in [6.45, 7) is 7.01. The molecule has 148 valence electrons. The third-order valence-corrected chi connectivity index (χ3v) is 5.25. The minimum Gasteiger partial charge on any atom is -0.462 e. The van der Waals surface area contributed by atoms with Gasteiger partial charge in [0.2, 0.25) is 0 Å². The maximum Gasteiger partial charge on any atom is 0.341 e. The van der Waals surface area contributed by atoms with Gasteiger partial charge in [-0.15, -0.1) is 11.3 Å². The van der Waals surface area contributed by atoms with E-state index in [2.05, 4.69) is 22.8 Å². The molecule has 0 saturated carbocycles. The Morgan fingerprint density at radius 1 is 1.18 bits per heavy atom. The van der Waals surface area contributed by atoms with Crippen molar-refractivity contribution in [1.29, 1.82) is 0 Å². The second-order valence-corrected chi connectivity index (χ2v) is 6.98. The molecule has 0 fully saturated rings. The molecular formula is C20H23N3O4S. The predicted octanol–water partition coefficient (Wildman–Crippen LogP) is 4.15. The highest BCUT2D eigenvalue weighted by Gasteiger charge is 2.25. The smallest absolute Gasteiger partial charge is 0.341 e. The first-order valence-corrected chi connectivity index (χ1v) is 9.69. The number of nitrogens with one attached hydrogen (secondary N) is 2. The predicted molar refractivity (Wildman–Crippen MR) is 111 cm³/mol. The van der Waals surface area contributed by atoms with E-state index in [1.807, 2.05) is 24.3 Å². The van der Waals surface area contributed by atoms with Gasteiger partial charge in [-0.25, -0.2) is 15.0 Å². The number of hydrogen-bond donors (Lipinski definition) is 2. The number of thiophene rings is 1. The quantitative estimate of drug-likeness (QED) is 0.315. The molecule has 0 saturated heterocycles. The fourth-order valence-corrected chi connectivity index (χ4v) is 3.61. The van der Waals surface area contributed by atoms with Crippen LogP contribution in [0, 0.1) is 6.92 Å². The minimum atomic E-state index is -0.622. The SMILES string of the molecule is CCOC(=O)c1c(NC(=O)NN=Cc2ccc(CC)cc2)sc(C(C)=O)c1C. The molecule has 28 heavy (non-hydrogen) atoms. The lowest BCUT2D eigenvalue weighted by Gasteiger charge is -2.06. The van der Waals surface area contributed by atoms with Crippen molar-refractivity contribution < 1.29 is 19.1 Å². The number of rotatable bonds is 7. The van der Waals surface area contributed by atoms with Crippen LogP contribution in [-0.2, 0) is 11.2 Å². The van der Waals surface area contributed by atoms with Gasteiger partial charge < -0.3 is 4.74 Å². The number of aryl methyl sites for hydroxylation is 1. The highest BCUT2D eigenvalue weighted by atomic mass is 32.1. The summed E-state index contributed by atoms with van der Waals surface area (Å²) in [5.74, 6) is -0.770. The first kappa shape index (κ1) is 21.3. The van der Waals surface area contributed by atoms with Gasteiger partial charge in [-0.1, -0.05) is 31.2 Å². The average molecular weight is 401 g/mol. The molecule has 2 aromatic rings. The van der Waals surface area contributed by atoms with Crippen molar-refractivity contribution in [2.45, 2.75) is 34.1 Å². The fraction of sp³-hybridized carbons (Fsp3) is 0.300. The Labute approximate surface area is 167 Å². The van der Waals surface area contributed by atoms with E-state index in [1.54, 1.807) is 13.8 Å². The number of urea groups is 1. The Morgan fingerprint density at radius 2 is 1.86 bits per heavy atom. The molecule has 1 heterocycles. The van der Waals surface area contributed by atoms with Crippen molar-refractivity contribution in [3.05, 3.63) is 51.4 Å². The van der Waals surface area contributed by atoms with Gasteiger partial charge in [-0.05, 0) is 43.9 Å². The molecule has 0 spiro atoms. The molecule has 0 aliphatic carbocycles. The summed E-state index contributed by atoms with van der Waals surface area (Å²) in [7, 11) is 0. The lowest BCUT2D eigenvalue weighted by Crippen LogP contribution is -2.24. The van der Waals surface area contributed by atoms with Crippen LogP contribution >= 0.6 is 11.3 Å². The van der Waals surface area contributed by atoms with Crippen LogP contribution in [0.5, 0.6) is 0 Å². The van der Waals surface area contributed by atoms with Crippen molar-refractivity contribution in [1.82, 2.24) is 5.43 Å². The largest absolute Gasteiger partial charge is 0.462 e. The monoisotopic (exact) mass is 401 g/mol. The van der Waals surface area contributed by atoms with Gasteiger partial charge in [0, 0.05) is 0 Å². The fourth-order valence-electron chi connectivity index (χ4n) is 2.52. The Bertz CT molecular complexity index is 901. The molecule has 2 N–H and O–H groups in total. The van der Waals surface area contributed by atoms with Crippen molar-refractivity contribution in [3.63, 3.8) is 0 Å². The molecule has 2 rings (SSSR count). The topological polar surface area (TPSA) is 96.9 Å². The maximum absolute atomic E-state index is 12.2. The zero-order valence-corrected chi connectivity index (χ0v) is 17.1. The normalized spacial score (nSPS) is 10.7. The van der Waals surface area contributed by atoms with E-state index < -0.39 is 12.0 Å². The van der Waals surface area contributed by atoms with Crippen LogP contribution in [0.15, 0.2) is 29.4 Å². The summed E-state index contributed by atoms with van der Waals surface area (Å²) in [5, 5.41) is 6.73. The van der Waals surface area contributed by atoms with Crippen molar-refractivity contribution in [2.24, 2.45) is 5.10 Å². The first-order valence-electron chi connectivity index (χ1n) is 8.87. The van der Waals surface area contributed by atoms with E-state index in [0.717, 1.165) is 23.3 Å². The highest BCUT2D eigenvalue weighted by Crippen LogP contribution is 2.34. The van der Waals surface area contributed by atoms with E-state index in [-0.39, 0.29) is 23.0 Å². The van der Waals surface area contributed by atoms with Gasteiger partial charge in [0.15, 0.2) is 5.78 Å². The number of carbonyl (C=O) groups is 3. The molecular weight excluding hydrogens is 378 g/mol. The molecule has 0 bridgehead atoms. The number of esters is 1. The van der Waals surface area contributed by atoms with Gasteiger partial charge in [0.05, 0.1) is 23.3 Å². The average Bonchev–Trinajstić information content (AvgIpc) is 2.98. The Morgan fingerprint density at radius 3 is 2.43 bits per heavy atom. The summed E-state index contributed by atoms with van der Waals surface area (Å²) in [6, 6.07) is 7.17. The first-order chi connectivity index (χ1) is 13.4. The Balaban J connectivity index is 2.11. The van der Waals surface area contributed by atoms with Gasteiger partial charge in [0.1, 0.15) is 5.00 Å². The molecule has 2 amide bonds. The summed E-state index contributed by atoms with van der Waals surface area (Å²) >= 11 is 1.04. The van der Waals surface area contributed by atoms with E-state index in [4.69, 9.17) is 4.74 Å². The number of Topliss-reactive ketones (excluding diaryl/α,β-unsaturated/α-hetero) is 1. The Kier molecular flexibility index (Phi) is 7.45. The van der Waals surface area contributed by atoms with E-state index >= 15 is 0 Å². The molecule has 8 heteroatoms. The molecule has 0 atom stereocenters. The molecule has 1 aromatic heterocycles. The van der Waals surface area contributed by atoms with Gasteiger partial charge in [0.25, 0.3) is 0 Å². The molecule has 0 aliphatic rings. The van der Waals surface area contributed by atoms with Gasteiger partial charge in [-0.3, -0.25) is 10.1 Å². The second kappa shape index (κ2) is 9.80. The van der Waals surface area contributed by atoms with Crippen LogP contribution in [0.2, 0.25) is 0 Å². The number of amides is 2. The van der Waals surface area contributed by atoms with Crippen LogP contribution in [-0.4, -0.2) is 30.6 Å². The number of ether oxygens (including phenoxy) is 1. The zero-order valence-electron chi connectivity index (χ0n) is 16.3. The highest BCUT2D eigenvalue weighted by molar-refractivity contribution is 7.18. The summed E-state index contributed by atoms with van der Waals surface area (Å²) in [6.07, 6.45) is 2.47. The van der Waals surface area contributed by atoms with Crippen molar-refractivity contribution >= 4 is 40.3 Å². The van der Waals surface area contributed by atoms with E-state index in [1.165, 1.54) is 18.7 Å². The number of anilines is 1. The summed E-state index contributed by atoms with van der Waals surface area (Å²) in [4.78, 5) is 36.6. The lowest BCUT2D eigenvalue weighted by molar-refractivity contribution is 0.0527. The van der Waals surface area contributed by atoms with Crippen LogP contribution in [0.3, 0.4) is 0 Å². The Hall–Kier alpha value is -3.00. The number of nitrogens with zero attached hydrogens (tertiary/aromatic N) is 1. The molecule has 1 aromatic carbocycles. The molecule has 0 aliphatic heterocycles. The van der Waals surface area contributed by atoms with E-state index in [0.29, 0.717) is 10.4 Å². The molecule has 0 unspecified atom stereocenters. The van der Waals surface area contributed by atoms with Crippen LogP contribution in [0.1, 0.15) is 57.5 Å². The third-order valence-electron chi connectivity index (χ3n) is 3.94. The number of benzene rings is 1. The zero-order chi connectivity index (χ0) is 20.7. The van der Waals surface area contributed by atoms with Gasteiger partial charge >= 0.3 is 12.0 Å². The number of ketones is 1. The summed E-state index contributed by atoms with van der Waals surface area (Å²) < 4.78 is 5.04. The lowest BCUT2D eigenvalue weighted by atomic mass is 10.1. The number of hydrogen-bond acceptors (Lipinski definition) is 6. The van der Waals surface area contributed by atoms with Gasteiger partial charge in [-0.2, -0.15) is 5.10 Å². The van der Waals surface area contributed by atoms with Crippen molar-refractivity contribution in [3.8, 4) is 0 Å². The van der Waals surface area contributed by atoms with E-state index in [9.17, 15) is 14.4 Å². The number of carbonyl (C=O) groups excluding carboxylic acids is 3. The van der Waals surface area contributed by atoms with Crippen LogP contribution < -0.4 is 10.7 Å². The third kappa shape index (κ3) is 5.26. The molecule has 0 radical (unpaired) electrons. The maximum atomic E-state index is 12.2.